The molecule has 1 amide bonds. The third-order valence-corrected chi connectivity index (χ3v) is 3.55. The maximum Gasteiger partial charge on any atom is 0.260 e. The van der Waals surface area contributed by atoms with Gasteiger partial charge in [0, 0.05) is 6.54 Å². The van der Waals surface area contributed by atoms with Gasteiger partial charge in [-0.15, -0.1) is 0 Å². The Bertz CT molecular complexity index is 442. The highest BCUT2D eigenvalue weighted by molar-refractivity contribution is 5.80. The minimum absolute atomic E-state index is 0.0421. The zero-order chi connectivity index (χ0) is 13.7. The molecule has 0 fully saturated rings. The van der Waals surface area contributed by atoms with Gasteiger partial charge in [-0.25, -0.2) is 0 Å². The number of aryl methyl sites for hydroxylation is 2. The van der Waals surface area contributed by atoms with Crippen LogP contribution in [-0.4, -0.2) is 18.6 Å². The van der Waals surface area contributed by atoms with E-state index in [0.717, 1.165) is 18.6 Å². The normalized spacial score (nSPS) is 15.5. The first-order valence-electron chi connectivity index (χ1n) is 7.27. The van der Waals surface area contributed by atoms with E-state index in [1.165, 1.54) is 30.4 Å². The quantitative estimate of drug-likeness (QED) is 0.885. The van der Waals surface area contributed by atoms with Crippen molar-refractivity contribution in [3.05, 3.63) is 29.3 Å². The van der Waals surface area contributed by atoms with Crippen molar-refractivity contribution in [2.24, 2.45) is 0 Å². The van der Waals surface area contributed by atoms with E-state index in [9.17, 15) is 4.79 Å². The summed E-state index contributed by atoms with van der Waals surface area (Å²) in [5, 5.41) is 2.85. The maximum atomic E-state index is 11.8. The number of hydrogen-bond acceptors (Lipinski definition) is 2. The molecular formula is C16H23NO2. The number of rotatable bonds is 5. The first kappa shape index (κ1) is 13.9. The molecule has 0 bridgehead atoms. The second-order valence-corrected chi connectivity index (χ2v) is 5.19. The van der Waals surface area contributed by atoms with Gasteiger partial charge in [0.15, 0.2) is 6.10 Å². The van der Waals surface area contributed by atoms with Gasteiger partial charge in [-0.1, -0.05) is 13.0 Å². The second-order valence-electron chi connectivity index (χ2n) is 5.19. The van der Waals surface area contributed by atoms with Crippen LogP contribution in [0.4, 0.5) is 0 Å². The van der Waals surface area contributed by atoms with Gasteiger partial charge in [-0.2, -0.15) is 0 Å². The predicted octanol–water partition coefficient (Wildman–Crippen LogP) is 2.86. The molecule has 2 rings (SSSR count). The van der Waals surface area contributed by atoms with Crippen LogP contribution in [0.15, 0.2) is 18.2 Å². The standard InChI is InChI=1S/C16H23NO2/c1-3-10-17-16(18)12(2)19-15-9-8-13-6-4-5-7-14(13)11-15/h8-9,11-12H,3-7,10H2,1-2H3,(H,17,18)/t12-/m1/s1. The molecule has 0 aromatic heterocycles. The van der Waals surface area contributed by atoms with E-state index in [1.807, 2.05) is 13.0 Å². The summed E-state index contributed by atoms with van der Waals surface area (Å²) in [5.74, 6) is 0.763. The molecule has 0 spiro atoms. The van der Waals surface area contributed by atoms with Crippen LogP contribution in [0, 0.1) is 0 Å². The fraction of sp³-hybridized carbons (Fsp3) is 0.562. The summed E-state index contributed by atoms with van der Waals surface area (Å²) >= 11 is 0. The number of nitrogens with one attached hydrogen (secondary N) is 1. The predicted molar refractivity (Wildman–Crippen MR) is 76.5 cm³/mol. The van der Waals surface area contributed by atoms with Gasteiger partial charge in [-0.3, -0.25) is 4.79 Å². The lowest BCUT2D eigenvalue weighted by atomic mass is 9.92. The Kier molecular flexibility index (Phi) is 4.83. The number of ether oxygens (including phenoxy) is 1. The number of fused-ring (bicyclic) bond motifs is 1. The van der Waals surface area contributed by atoms with Gasteiger partial charge in [0.2, 0.25) is 0 Å². The van der Waals surface area contributed by atoms with Crippen LogP contribution >= 0.6 is 0 Å². The fourth-order valence-electron chi connectivity index (χ4n) is 2.43. The van der Waals surface area contributed by atoms with Crippen LogP contribution in [-0.2, 0) is 17.6 Å². The van der Waals surface area contributed by atoms with Crippen molar-refractivity contribution in [3.63, 3.8) is 0 Å². The number of hydrogen-bond donors (Lipinski definition) is 1. The van der Waals surface area contributed by atoms with E-state index in [4.69, 9.17) is 4.74 Å². The van der Waals surface area contributed by atoms with Crippen molar-refractivity contribution in [1.29, 1.82) is 0 Å². The van der Waals surface area contributed by atoms with Gasteiger partial charge in [0.05, 0.1) is 0 Å². The van der Waals surface area contributed by atoms with Gasteiger partial charge in [0.25, 0.3) is 5.91 Å². The molecule has 104 valence electrons. The highest BCUT2D eigenvalue weighted by Gasteiger charge is 2.15. The molecule has 0 unspecified atom stereocenters. The second kappa shape index (κ2) is 6.60. The molecule has 0 radical (unpaired) electrons. The van der Waals surface area contributed by atoms with Gasteiger partial charge in [-0.05, 0) is 62.3 Å². The minimum atomic E-state index is -0.437. The number of carbonyl (C=O) groups is 1. The molecular weight excluding hydrogens is 238 g/mol. The first-order valence-corrected chi connectivity index (χ1v) is 7.27. The average molecular weight is 261 g/mol. The molecule has 1 aliphatic carbocycles. The Labute approximate surface area is 115 Å². The van der Waals surface area contributed by atoms with E-state index in [1.54, 1.807) is 6.92 Å². The van der Waals surface area contributed by atoms with E-state index in [2.05, 4.69) is 17.4 Å². The van der Waals surface area contributed by atoms with Crippen LogP contribution in [0.2, 0.25) is 0 Å². The Morgan fingerprint density at radius 1 is 1.32 bits per heavy atom. The van der Waals surface area contributed by atoms with Crippen LogP contribution < -0.4 is 10.1 Å². The van der Waals surface area contributed by atoms with Crippen LogP contribution in [0.3, 0.4) is 0 Å². The van der Waals surface area contributed by atoms with Crippen LogP contribution in [0.25, 0.3) is 0 Å². The Morgan fingerprint density at radius 3 is 2.79 bits per heavy atom. The Hall–Kier alpha value is -1.51. The molecule has 0 heterocycles. The highest BCUT2D eigenvalue weighted by atomic mass is 16.5. The summed E-state index contributed by atoms with van der Waals surface area (Å²) in [6, 6.07) is 6.21. The summed E-state index contributed by atoms with van der Waals surface area (Å²) < 4.78 is 5.73. The minimum Gasteiger partial charge on any atom is -0.481 e. The van der Waals surface area contributed by atoms with Crippen molar-refractivity contribution < 1.29 is 9.53 Å². The van der Waals surface area contributed by atoms with Crippen LogP contribution in [0.1, 0.15) is 44.2 Å². The fourth-order valence-corrected chi connectivity index (χ4v) is 2.43. The number of amides is 1. The topological polar surface area (TPSA) is 38.3 Å². The summed E-state index contributed by atoms with van der Waals surface area (Å²) in [6.45, 7) is 4.54. The molecule has 19 heavy (non-hydrogen) atoms. The average Bonchev–Trinajstić information content (AvgIpc) is 2.44. The smallest absolute Gasteiger partial charge is 0.260 e. The highest BCUT2D eigenvalue weighted by Crippen LogP contribution is 2.25. The van der Waals surface area contributed by atoms with Crippen molar-refractivity contribution in [2.75, 3.05) is 6.54 Å². The number of carbonyl (C=O) groups excluding carboxylic acids is 1. The van der Waals surface area contributed by atoms with E-state index in [0.29, 0.717) is 6.54 Å². The molecule has 3 nitrogen and oxygen atoms in total. The largest absolute Gasteiger partial charge is 0.481 e. The molecule has 1 aliphatic rings. The van der Waals surface area contributed by atoms with E-state index < -0.39 is 6.10 Å². The third-order valence-electron chi connectivity index (χ3n) is 3.55. The molecule has 3 heteroatoms. The molecule has 1 aromatic rings. The zero-order valence-electron chi connectivity index (χ0n) is 11.9. The summed E-state index contributed by atoms with van der Waals surface area (Å²) in [7, 11) is 0. The number of benzene rings is 1. The molecule has 1 atom stereocenters. The van der Waals surface area contributed by atoms with Gasteiger partial charge in [0.1, 0.15) is 5.75 Å². The lowest BCUT2D eigenvalue weighted by Gasteiger charge is -2.19. The summed E-state index contributed by atoms with van der Waals surface area (Å²) in [6.07, 6.45) is 5.34. The lowest BCUT2D eigenvalue weighted by molar-refractivity contribution is -0.127. The maximum absolute atomic E-state index is 11.8. The SMILES string of the molecule is CCCNC(=O)[C@@H](C)Oc1ccc2c(c1)CCCC2. The van der Waals surface area contributed by atoms with E-state index in [-0.39, 0.29) is 5.91 Å². The van der Waals surface area contributed by atoms with Crippen molar-refractivity contribution in [3.8, 4) is 5.75 Å². The monoisotopic (exact) mass is 261 g/mol. The Morgan fingerprint density at radius 2 is 2.05 bits per heavy atom. The lowest BCUT2D eigenvalue weighted by Crippen LogP contribution is -2.36. The Balaban J connectivity index is 1.97. The van der Waals surface area contributed by atoms with E-state index >= 15 is 0 Å². The summed E-state index contributed by atoms with van der Waals surface area (Å²) in [4.78, 5) is 11.8. The zero-order valence-corrected chi connectivity index (χ0v) is 11.9. The first-order chi connectivity index (χ1) is 9.20. The third kappa shape index (κ3) is 3.72. The molecule has 0 saturated heterocycles. The molecule has 0 saturated carbocycles. The van der Waals surface area contributed by atoms with Gasteiger partial charge >= 0.3 is 0 Å². The molecule has 0 aliphatic heterocycles. The summed E-state index contributed by atoms with van der Waals surface area (Å²) in [5.41, 5.74) is 2.81. The molecule has 1 aromatic carbocycles. The van der Waals surface area contributed by atoms with Crippen LogP contribution in [0.5, 0.6) is 5.75 Å². The van der Waals surface area contributed by atoms with Gasteiger partial charge < -0.3 is 10.1 Å². The van der Waals surface area contributed by atoms with Crippen molar-refractivity contribution in [1.82, 2.24) is 5.32 Å². The van der Waals surface area contributed by atoms with Crippen molar-refractivity contribution in [2.45, 2.75) is 52.1 Å². The van der Waals surface area contributed by atoms with Crippen molar-refractivity contribution >= 4 is 5.91 Å². The molecule has 1 N–H and O–H groups in total.